The summed E-state index contributed by atoms with van der Waals surface area (Å²) in [4.78, 5) is 1.12. The molecule has 0 amide bonds. The summed E-state index contributed by atoms with van der Waals surface area (Å²) in [5.41, 5.74) is 2.84. The predicted octanol–water partition coefficient (Wildman–Crippen LogP) is 3.95. The first kappa shape index (κ1) is 11.4. The normalized spacial score (nSPS) is 12.5. The molecule has 0 unspecified atom stereocenters. The Morgan fingerprint density at radius 3 is 2.57 bits per heavy atom. The minimum atomic E-state index is 0.560. The highest BCUT2D eigenvalue weighted by atomic mass is 32.1. The Morgan fingerprint density at radius 1 is 1.36 bits per heavy atom. The zero-order valence-corrected chi connectivity index (χ0v) is 10.0. The van der Waals surface area contributed by atoms with E-state index in [0.717, 1.165) is 11.3 Å². The van der Waals surface area contributed by atoms with Crippen LogP contribution in [0.2, 0.25) is 0 Å². The van der Waals surface area contributed by atoms with E-state index in [2.05, 4.69) is 38.1 Å². The molecule has 1 atom stereocenters. The van der Waals surface area contributed by atoms with Gasteiger partial charge in [-0.3, -0.25) is 0 Å². The lowest BCUT2D eigenvalue weighted by molar-refractivity contribution is 0.685. The van der Waals surface area contributed by atoms with E-state index in [4.69, 9.17) is 12.2 Å². The van der Waals surface area contributed by atoms with E-state index in [-0.39, 0.29) is 0 Å². The Hall–Kier alpha value is -0.690. The second-order valence-electron chi connectivity index (χ2n) is 3.98. The van der Waals surface area contributed by atoms with Crippen LogP contribution in [0.3, 0.4) is 0 Å². The molecule has 1 rings (SSSR count). The Bertz CT molecular complexity index is 315. The minimum absolute atomic E-state index is 0.560. The van der Waals surface area contributed by atoms with Crippen molar-refractivity contribution in [2.24, 2.45) is 5.92 Å². The summed E-state index contributed by atoms with van der Waals surface area (Å²) in [7, 11) is 0. The monoisotopic (exact) mass is 206 g/mol. The molecule has 0 aliphatic heterocycles. The summed E-state index contributed by atoms with van der Waals surface area (Å²) < 4.78 is 0. The quantitative estimate of drug-likeness (QED) is 0.672. The van der Waals surface area contributed by atoms with Crippen LogP contribution in [0.25, 0.3) is 0 Å². The van der Waals surface area contributed by atoms with Gasteiger partial charge in [0, 0.05) is 0 Å². The van der Waals surface area contributed by atoms with Crippen molar-refractivity contribution in [1.82, 2.24) is 0 Å². The van der Waals surface area contributed by atoms with Crippen molar-refractivity contribution in [2.45, 2.75) is 33.6 Å². The topological polar surface area (TPSA) is 0 Å². The lowest BCUT2D eigenvalue weighted by atomic mass is 9.96. The summed E-state index contributed by atoms with van der Waals surface area (Å²) >= 11 is 5.17. The zero-order chi connectivity index (χ0) is 10.6. The molecule has 0 aliphatic carbocycles. The van der Waals surface area contributed by atoms with Crippen molar-refractivity contribution in [3.8, 4) is 0 Å². The number of aryl methyl sites for hydroxylation is 2. The smallest absolute Gasteiger partial charge is 0.00742 e. The van der Waals surface area contributed by atoms with Crippen LogP contribution < -0.4 is 0 Å². The fourth-order valence-electron chi connectivity index (χ4n) is 1.47. The number of rotatable bonds is 4. The first-order valence-electron chi connectivity index (χ1n) is 5.16. The van der Waals surface area contributed by atoms with Crippen LogP contribution in [0.4, 0.5) is 0 Å². The van der Waals surface area contributed by atoms with Crippen LogP contribution >= 0.6 is 12.2 Å². The standard InChI is InChI=1S/C13H18S/c1-10(12(3)14)8-9-13-7-5-4-6-11(13)2/h4-7,10H,8-9H2,1-3H3/t10-/m0/s1. The van der Waals surface area contributed by atoms with Gasteiger partial charge in [-0.2, -0.15) is 0 Å². The molecule has 0 saturated heterocycles. The van der Waals surface area contributed by atoms with Gasteiger partial charge < -0.3 is 0 Å². The Morgan fingerprint density at radius 2 is 2.00 bits per heavy atom. The Kier molecular flexibility index (Phi) is 4.27. The third-order valence-corrected chi connectivity index (χ3v) is 3.20. The summed E-state index contributed by atoms with van der Waals surface area (Å²) in [6.07, 6.45) is 2.31. The average Bonchev–Trinajstić information content (AvgIpc) is 2.16. The lowest BCUT2D eigenvalue weighted by Crippen LogP contribution is -2.05. The highest BCUT2D eigenvalue weighted by molar-refractivity contribution is 7.80. The largest absolute Gasteiger partial charge is 0.0897 e. The fraction of sp³-hybridized carbons (Fsp3) is 0.462. The highest BCUT2D eigenvalue weighted by Gasteiger charge is 2.05. The van der Waals surface area contributed by atoms with Gasteiger partial charge in [0.1, 0.15) is 0 Å². The van der Waals surface area contributed by atoms with Gasteiger partial charge in [0.25, 0.3) is 0 Å². The molecule has 0 aromatic heterocycles. The maximum absolute atomic E-state index is 5.17. The molecule has 0 radical (unpaired) electrons. The van der Waals surface area contributed by atoms with Crippen LogP contribution in [-0.2, 0) is 6.42 Å². The maximum atomic E-state index is 5.17. The number of benzene rings is 1. The number of thiocarbonyl (C=S) groups is 1. The van der Waals surface area contributed by atoms with Crippen LogP contribution in [0.15, 0.2) is 24.3 Å². The van der Waals surface area contributed by atoms with Gasteiger partial charge in [-0.1, -0.05) is 43.4 Å². The SMILES string of the molecule is CC(=S)[C@@H](C)CCc1ccccc1C. The van der Waals surface area contributed by atoms with E-state index in [0.29, 0.717) is 5.92 Å². The molecule has 14 heavy (non-hydrogen) atoms. The van der Waals surface area contributed by atoms with Crippen molar-refractivity contribution in [3.63, 3.8) is 0 Å². The molecule has 0 spiro atoms. The van der Waals surface area contributed by atoms with E-state index in [9.17, 15) is 0 Å². The molecule has 76 valence electrons. The van der Waals surface area contributed by atoms with E-state index in [1.165, 1.54) is 17.5 Å². The van der Waals surface area contributed by atoms with Crippen molar-refractivity contribution in [2.75, 3.05) is 0 Å². The molecule has 0 saturated carbocycles. The number of hydrogen-bond donors (Lipinski definition) is 0. The fourth-order valence-corrected chi connectivity index (χ4v) is 1.58. The third kappa shape index (κ3) is 3.22. The van der Waals surface area contributed by atoms with Gasteiger partial charge in [-0.25, -0.2) is 0 Å². The van der Waals surface area contributed by atoms with Crippen molar-refractivity contribution in [3.05, 3.63) is 35.4 Å². The molecule has 0 bridgehead atoms. The van der Waals surface area contributed by atoms with E-state index < -0.39 is 0 Å². The molecule has 1 aromatic rings. The molecule has 0 aliphatic rings. The molecule has 0 heterocycles. The van der Waals surface area contributed by atoms with Crippen molar-refractivity contribution < 1.29 is 0 Å². The Labute approximate surface area is 92.3 Å². The lowest BCUT2D eigenvalue weighted by Gasteiger charge is -2.10. The maximum Gasteiger partial charge on any atom is -0.00742 e. The third-order valence-electron chi connectivity index (χ3n) is 2.80. The molecular weight excluding hydrogens is 188 g/mol. The molecule has 0 nitrogen and oxygen atoms in total. The average molecular weight is 206 g/mol. The van der Waals surface area contributed by atoms with E-state index in [1.807, 2.05) is 6.92 Å². The van der Waals surface area contributed by atoms with Gasteiger partial charge in [-0.15, -0.1) is 0 Å². The first-order valence-corrected chi connectivity index (χ1v) is 5.57. The van der Waals surface area contributed by atoms with E-state index >= 15 is 0 Å². The second-order valence-corrected chi connectivity index (χ2v) is 4.62. The second kappa shape index (κ2) is 5.26. The minimum Gasteiger partial charge on any atom is -0.0897 e. The van der Waals surface area contributed by atoms with Crippen molar-refractivity contribution in [1.29, 1.82) is 0 Å². The molecule has 0 fully saturated rings. The van der Waals surface area contributed by atoms with Gasteiger partial charge in [-0.05, 0) is 48.6 Å². The van der Waals surface area contributed by atoms with Gasteiger partial charge in [0.2, 0.25) is 0 Å². The summed E-state index contributed by atoms with van der Waals surface area (Å²) in [5, 5.41) is 0. The first-order chi connectivity index (χ1) is 6.61. The molecular formula is C13H18S. The van der Waals surface area contributed by atoms with E-state index in [1.54, 1.807) is 0 Å². The van der Waals surface area contributed by atoms with Crippen LogP contribution in [-0.4, -0.2) is 4.86 Å². The summed E-state index contributed by atoms with van der Waals surface area (Å²) in [5.74, 6) is 0.560. The van der Waals surface area contributed by atoms with Crippen LogP contribution in [0.1, 0.15) is 31.4 Å². The number of hydrogen-bond acceptors (Lipinski definition) is 1. The highest BCUT2D eigenvalue weighted by Crippen LogP contribution is 2.14. The van der Waals surface area contributed by atoms with Gasteiger partial charge in [0.15, 0.2) is 0 Å². The molecule has 0 N–H and O–H groups in total. The molecule has 1 heteroatoms. The molecule has 1 aromatic carbocycles. The van der Waals surface area contributed by atoms with Gasteiger partial charge in [0.05, 0.1) is 0 Å². The van der Waals surface area contributed by atoms with Gasteiger partial charge >= 0.3 is 0 Å². The van der Waals surface area contributed by atoms with Crippen molar-refractivity contribution >= 4 is 17.1 Å². The summed E-state index contributed by atoms with van der Waals surface area (Å²) in [6.45, 7) is 6.42. The predicted molar refractivity (Wildman–Crippen MR) is 66.9 cm³/mol. The van der Waals surface area contributed by atoms with Crippen LogP contribution in [0.5, 0.6) is 0 Å². The zero-order valence-electron chi connectivity index (χ0n) is 9.21. The summed E-state index contributed by atoms with van der Waals surface area (Å²) in [6, 6.07) is 8.58. The van der Waals surface area contributed by atoms with Crippen LogP contribution in [0, 0.1) is 12.8 Å². The Balaban J connectivity index is 2.54.